The molecule has 0 radical (unpaired) electrons. The summed E-state index contributed by atoms with van der Waals surface area (Å²) in [7, 11) is 0. The third-order valence-electron chi connectivity index (χ3n) is 5.49. The maximum Gasteiger partial charge on any atom is 0.243 e. The third-order valence-corrected chi connectivity index (χ3v) is 5.49. The molecular weight excluding hydrogens is 330 g/mol. The summed E-state index contributed by atoms with van der Waals surface area (Å²) in [5.41, 5.74) is -0.102. The van der Waals surface area contributed by atoms with E-state index in [1.54, 1.807) is 0 Å². The largest absolute Gasteiger partial charge is 0.342 e. The Labute approximate surface area is 156 Å². The second-order valence-corrected chi connectivity index (χ2v) is 8.64. The van der Waals surface area contributed by atoms with Gasteiger partial charge in [-0.15, -0.1) is 0 Å². The van der Waals surface area contributed by atoms with Crippen LogP contribution in [0, 0.1) is 0 Å². The minimum Gasteiger partial charge on any atom is -0.342 e. The number of carbonyl (C=O) groups excluding carboxylic acids is 1. The van der Waals surface area contributed by atoms with Crippen molar-refractivity contribution in [2.24, 2.45) is 0 Å². The first-order valence-electron chi connectivity index (χ1n) is 9.93. The van der Waals surface area contributed by atoms with Gasteiger partial charge in [-0.25, -0.2) is 0 Å². The Kier molecular flexibility index (Phi) is 5.97. The average molecular weight is 364 g/mol. The topological polar surface area (TPSA) is 65.7 Å². The van der Waals surface area contributed by atoms with Crippen molar-refractivity contribution >= 4 is 5.91 Å². The molecule has 2 saturated heterocycles. The number of rotatable bonds is 4. The fourth-order valence-electron chi connectivity index (χ4n) is 3.61. The van der Waals surface area contributed by atoms with E-state index < -0.39 is 0 Å². The van der Waals surface area contributed by atoms with Gasteiger partial charge in [-0.05, 0) is 26.2 Å². The highest BCUT2D eigenvalue weighted by atomic mass is 16.5. The van der Waals surface area contributed by atoms with Crippen LogP contribution in [0.25, 0.3) is 0 Å². The first-order valence-corrected chi connectivity index (χ1v) is 9.93. The van der Waals surface area contributed by atoms with Crippen molar-refractivity contribution in [2.45, 2.75) is 58.4 Å². The van der Waals surface area contributed by atoms with Crippen molar-refractivity contribution in [2.75, 3.05) is 45.8 Å². The van der Waals surface area contributed by atoms with Gasteiger partial charge in [0.2, 0.25) is 11.8 Å². The van der Waals surface area contributed by atoms with E-state index in [1.807, 2.05) is 4.90 Å². The van der Waals surface area contributed by atoms with Gasteiger partial charge in [-0.2, -0.15) is 4.98 Å². The van der Waals surface area contributed by atoms with Gasteiger partial charge in [0.25, 0.3) is 0 Å². The monoisotopic (exact) mass is 363 g/mol. The lowest BCUT2D eigenvalue weighted by Gasteiger charge is -2.37. The van der Waals surface area contributed by atoms with E-state index in [0.717, 1.165) is 57.9 Å². The predicted molar refractivity (Wildman–Crippen MR) is 99.9 cm³/mol. The molecule has 0 aliphatic carbocycles. The molecule has 0 bridgehead atoms. The van der Waals surface area contributed by atoms with Crippen molar-refractivity contribution in [1.29, 1.82) is 0 Å². The Balaban J connectivity index is 1.48. The Bertz CT molecular complexity index is 595. The second kappa shape index (κ2) is 8.05. The van der Waals surface area contributed by atoms with Gasteiger partial charge in [0.05, 0.1) is 12.6 Å². The van der Waals surface area contributed by atoms with Crippen LogP contribution in [0.3, 0.4) is 0 Å². The molecular formula is C19H33N5O2. The number of nitrogens with zero attached hydrogens (tertiary/aromatic N) is 5. The lowest BCUT2D eigenvalue weighted by molar-refractivity contribution is -0.133. The molecule has 0 aromatic carbocycles. The molecule has 2 aliphatic heterocycles. The molecule has 0 spiro atoms. The predicted octanol–water partition coefficient (Wildman–Crippen LogP) is 2.06. The Morgan fingerprint density at radius 1 is 1.08 bits per heavy atom. The Hall–Kier alpha value is -1.47. The second-order valence-electron chi connectivity index (χ2n) is 8.64. The highest BCUT2D eigenvalue weighted by Gasteiger charge is 2.29. The first-order chi connectivity index (χ1) is 12.3. The molecule has 2 aliphatic rings. The average Bonchev–Trinajstić information content (AvgIpc) is 3.13. The van der Waals surface area contributed by atoms with Crippen molar-refractivity contribution < 1.29 is 9.32 Å². The minimum absolute atomic E-state index is 0.102. The van der Waals surface area contributed by atoms with Crippen LogP contribution in [0.1, 0.15) is 64.7 Å². The molecule has 1 aromatic rings. The van der Waals surface area contributed by atoms with Gasteiger partial charge < -0.3 is 9.42 Å². The summed E-state index contributed by atoms with van der Waals surface area (Å²) in [6, 6.07) is 0.110. The summed E-state index contributed by atoms with van der Waals surface area (Å²) >= 11 is 0. The number of likely N-dealkylation sites (tertiary alicyclic amines) is 1. The van der Waals surface area contributed by atoms with Gasteiger partial charge in [0.15, 0.2) is 5.82 Å². The van der Waals surface area contributed by atoms with Crippen LogP contribution in [0.2, 0.25) is 0 Å². The first kappa shape index (κ1) is 19.3. The molecule has 0 N–H and O–H groups in total. The number of aromatic nitrogens is 2. The van der Waals surface area contributed by atoms with Crippen LogP contribution in [-0.4, -0.2) is 76.6 Å². The summed E-state index contributed by atoms with van der Waals surface area (Å²) in [4.78, 5) is 23.7. The normalized spacial score (nSPS) is 21.8. The fourth-order valence-corrected chi connectivity index (χ4v) is 3.61. The zero-order valence-electron chi connectivity index (χ0n) is 16.7. The molecule has 3 heterocycles. The van der Waals surface area contributed by atoms with E-state index in [1.165, 1.54) is 6.42 Å². The van der Waals surface area contributed by atoms with Gasteiger partial charge in [-0.1, -0.05) is 25.9 Å². The summed E-state index contributed by atoms with van der Waals surface area (Å²) in [6.07, 6.45) is 3.56. The van der Waals surface area contributed by atoms with E-state index in [2.05, 4.69) is 47.6 Å². The molecule has 146 valence electrons. The SMILES string of the molecule is CC(c1nc(C(C)(C)C)no1)N1CCN(CC(=O)N2CCCCC2)CC1. The standard InChI is InChI=1S/C19H33N5O2/c1-15(17-20-18(21-26-17)19(2,3)4)23-12-10-22(11-13-23)14-16(25)24-8-6-5-7-9-24/h15H,5-14H2,1-4H3. The van der Waals surface area contributed by atoms with Crippen LogP contribution in [0.4, 0.5) is 0 Å². The number of hydrogen-bond donors (Lipinski definition) is 0. The van der Waals surface area contributed by atoms with E-state index >= 15 is 0 Å². The maximum atomic E-state index is 12.4. The highest BCUT2D eigenvalue weighted by Crippen LogP contribution is 2.24. The zero-order chi connectivity index (χ0) is 18.7. The van der Waals surface area contributed by atoms with E-state index in [9.17, 15) is 4.79 Å². The van der Waals surface area contributed by atoms with Gasteiger partial charge in [0.1, 0.15) is 0 Å². The van der Waals surface area contributed by atoms with Crippen molar-refractivity contribution in [1.82, 2.24) is 24.8 Å². The number of hydrogen-bond acceptors (Lipinski definition) is 6. The number of piperidine rings is 1. The molecule has 1 aromatic heterocycles. The van der Waals surface area contributed by atoms with Crippen molar-refractivity contribution in [3.63, 3.8) is 0 Å². The number of piperazine rings is 1. The highest BCUT2D eigenvalue weighted by molar-refractivity contribution is 5.78. The lowest BCUT2D eigenvalue weighted by Crippen LogP contribution is -2.51. The van der Waals surface area contributed by atoms with Gasteiger partial charge >= 0.3 is 0 Å². The Morgan fingerprint density at radius 2 is 1.73 bits per heavy atom. The fraction of sp³-hybridized carbons (Fsp3) is 0.842. The lowest BCUT2D eigenvalue weighted by atomic mass is 9.96. The molecule has 3 rings (SSSR count). The van der Waals surface area contributed by atoms with Crippen LogP contribution in [-0.2, 0) is 10.2 Å². The number of amides is 1. The molecule has 26 heavy (non-hydrogen) atoms. The van der Waals surface area contributed by atoms with Crippen LogP contribution < -0.4 is 0 Å². The van der Waals surface area contributed by atoms with E-state index in [0.29, 0.717) is 12.4 Å². The minimum atomic E-state index is -0.102. The number of carbonyl (C=O) groups is 1. The quantitative estimate of drug-likeness (QED) is 0.816. The summed E-state index contributed by atoms with van der Waals surface area (Å²) in [5.74, 6) is 1.73. The molecule has 1 atom stereocenters. The van der Waals surface area contributed by atoms with Crippen LogP contribution in [0.15, 0.2) is 4.52 Å². The maximum absolute atomic E-state index is 12.4. The summed E-state index contributed by atoms with van der Waals surface area (Å²) in [5, 5.41) is 4.14. The molecule has 7 heteroatoms. The summed E-state index contributed by atoms with van der Waals surface area (Å²) < 4.78 is 5.50. The van der Waals surface area contributed by atoms with Gasteiger partial charge in [0, 0.05) is 44.7 Å². The van der Waals surface area contributed by atoms with Crippen LogP contribution in [0.5, 0.6) is 0 Å². The van der Waals surface area contributed by atoms with E-state index in [-0.39, 0.29) is 17.4 Å². The molecule has 1 unspecified atom stereocenters. The molecule has 7 nitrogen and oxygen atoms in total. The van der Waals surface area contributed by atoms with Gasteiger partial charge in [-0.3, -0.25) is 14.6 Å². The summed E-state index contributed by atoms with van der Waals surface area (Å²) in [6.45, 7) is 14.5. The third kappa shape index (κ3) is 4.62. The smallest absolute Gasteiger partial charge is 0.243 e. The zero-order valence-corrected chi connectivity index (χ0v) is 16.7. The molecule has 2 fully saturated rings. The van der Waals surface area contributed by atoms with Crippen LogP contribution >= 0.6 is 0 Å². The molecule has 1 amide bonds. The van der Waals surface area contributed by atoms with E-state index in [4.69, 9.17) is 4.52 Å². The Morgan fingerprint density at radius 3 is 2.31 bits per heavy atom. The molecule has 0 saturated carbocycles. The van der Waals surface area contributed by atoms with Crippen molar-refractivity contribution in [3.05, 3.63) is 11.7 Å². The van der Waals surface area contributed by atoms with Crippen molar-refractivity contribution in [3.8, 4) is 0 Å².